The van der Waals surface area contributed by atoms with Crippen molar-refractivity contribution in [1.29, 1.82) is 0 Å². The van der Waals surface area contributed by atoms with Gasteiger partial charge in [0.15, 0.2) is 5.43 Å². The second kappa shape index (κ2) is 8.14. The molecule has 1 unspecified atom stereocenters. The van der Waals surface area contributed by atoms with Crippen LogP contribution in [0.5, 0.6) is 11.5 Å². The summed E-state index contributed by atoms with van der Waals surface area (Å²) in [6.45, 7) is 3.76. The van der Waals surface area contributed by atoms with Gasteiger partial charge in [-0.15, -0.1) is 0 Å². The molecule has 0 spiro atoms. The fourth-order valence-electron chi connectivity index (χ4n) is 2.84. The number of hydrogen-bond acceptors (Lipinski definition) is 6. The summed E-state index contributed by atoms with van der Waals surface area (Å²) in [5, 5.41) is 19.3. The van der Waals surface area contributed by atoms with Crippen LogP contribution < -0.4 is 14.9 Å². The molecule has 28 heavy (non-hydrogen) atoms. The molecule has 0 aliphatic heterocycles. The van der Waals surface area contributed by atoms with E-state index in [1.165, 1.54) is 6.07 Å². The van der Waals surface area contributed by atoms with E-state index in [9.17, 15) is 14.7 Å². The zero-order valence-electron chi connectivity index (χ0n) is 15.5. The van der Waals surface area contributed by atoms with Crippen LogP contribution in [0.1, 0.15) is 21.7 Å². The summed E-state index contributed by atoms with van der Waals surface area (Å²) in [7, 11) is 0. The molecule has 1 aromatic heterocycles. The Morgan fingerprint density at radius 2 is 1.71 bits per heavy atom. The number of rotatable bonds is 7. The van der Waals surface area contributed by atoms with Crippen LogP contribution in [0.15, 0.2) is 51.7 Å². The molecule has 0 amide bonds. The summed E-state index contributed by atoms with van der Waals surface area (Å²) in [6.07, 6.45) is -0.931. The summed E-state index contributed by atoms with van der Waals surface area (Å²) in [5.74, 6) is -0.857. The van der Waals surface area contributed by atoms with Crippen LogP contribution >= 0.6 is 0 Å². The number of aromatic carboxylic acids is 1. The molecule has 0 fully saturated rings. The van der Waals surface area contributed by atoms with Crippen molar-refractivity contribution in [3.8, 4) is 11.5 Å². The number of carbonyl (C=O) groups is 1. The minimum atomic E-state index is -1.33. The van der Waals surface area contributed by atoms with E-state index >= 15 is 0 Å². The van der Waals surface area contributed by atoms with Crippen molar-refractivity contribution in [3.05, 3.63) is 69.6 Å². The molecule has 1 atom stereocenters. The predicted octanol–water partition coefficient (Wildman–Crippen LogP) is 2.93. The van der Waals surface area contributed by atoms with Crippen LogP contribution in [0.2, 0.25) is 0 Å². The highest BCUT2D eigenvalue weighted by Gasteiger charge is 2.15. The smallest absolute Gasteiger partial charge is 0.371 e. The van der Waals surface area contributed by atoms with E-state index in [2.05, 4.69) is 0 Å². The molecule has 3 aromatic rings. The van der Waals surface area contributed by atoms with Gasteiger partial charge in [-0.3, -0.25) is 4.79 Å². The summed E-state index contributed by atoms with van der Waals surface area (Å²) >= 11 is 0. The van der Waals surface area contributed by atoms with Crippen LogP contribution in [0, 0.1) is 13.8 Å². The largest absolute Gasteiger partial charge is 0.490 e. The monoisotopic (exact) mass is 384 g/mol. The molecule has 7 heteroatoms. The number of benzene rings is 2. The zero-order valence-corrected chi connectivity index (χ0v) is 15.5. The first kappa shape index (κ1) is 19.4. The van der Waals surface area contributed by atoms with E-state index in [4.69, 9.17) is 19.0 Å². The molecule has 2 N–H and O–H groups in total. The van der Waals surface area contributed by atoms with Gasteiger partial charge in [0.25, 0.3) is 0 Å². The lowest BCUT2D eigenvalue weighted by Gasteiger charge is -2.16. The predicted molar refractivity (Wildman–Crippen MR) is 102 cm³/mol. The van der Waals surface area contributed by atoms with Crippen LogP contribution in [0.25, 0.3) is 11.0 Å². The fraction of sp³-hybridized carbons (Fsp3) is 0.238. The van der Waals surface area contributed by atoms with Crippen molar-refractivity contribution in [1.82, 2.24) is 0 Å². The first-order valence-corrected chi connectivity index (χ1v) is 8.67. The van der Waals surface area contributed by atoms with E-state index in [0.29, 0.717) is 5.75 Å². The number of fused-ring (bicyclic) bond motifs is 1. The molecule has 0 aliphatic carbocycles. The number of hydrogen-bond donors (Lipinski definition) is 2. The Kier molecular flexibility index (Phi) is 5.65. The summed E-state index contributed by atoms with van der Waals surface area (Å²) in [6, 6.07) is 11.3. The third kappa shape index (κ3) is 4.15. The van der Waals surface area contributed by atoms with Crippen LogP contribution in [0.3, 0.4) is 0 Å². The van der Waals surface area contributed by atoms with Crippen molar-refractivity contribution in [2.75, 3.05) is 13.2 Å². The molecule has 0 aliphatic rings. The number of aliphatic hydroxyl groups is 1. The van der Waals surface area contributed by atoms with Gasteiger partial charge in [-0.1, -0.05) is 24.3 Å². The Bertz CT molecular complexity index is 1050. The number of aryl methyl sites for hydroxylation is 2. The average Bonchev–Trinajstić information content (AvgIpc) is 2.65. The molecule has 146 valence electrons. The van der Waals surface area contributed by atoms with Crippen LogP contribution in [-0.4, -0.2) is 35.5 Å². The van der Waals surface area contributed by atoms with E-state index in [1.54, 1.807) is 12.1 Å². The standard InChI is InChI=1S/C21H20O7/c1-12-5-3-6-13(2)20(12)27-11-14(22)10-26-16-7-4-8-17-19(16)15(23)9-18(28-17)21(24)25/h3-9,14,22H,10-11H2,1-2H3,(H,24,25). The average molecular weight is 384 g/mol. The Labute approximate surface area is 160 Å². The van der Waals surface area contributed by atoms with E-state index < -0.39 is 23.3 Å². The van der Waals surface area contributed by atoms with Gasteiger partial charge < -0.3 is 24.1 Å². The van der Waals surface area contributed by atoms with Gasteiger partial charge in [0.05, 0.1) is 0 Å². The maximum Gasteiger partial charge on any atom is 0.371 e. The van der Waals surface area contributed by atoms with Crippen LogP contribution in [-0.2, 0) is 0 Å². The first-order chi connectivity index (χ1) is 13.4. The second-order valence-corrected chi connectivity index (χ2v) is 6.41. The quantitative estimate of drug-likeness (QED) is 0.645. The Hall–Kier alpha value is -3.32. The van der Waals surface area contributed by atoms with E-state index in [-0.39, 0.29) is 29.9 Å². The van der Waals surface area contributed by atoms with E-state index in [1.807, 2.05) is 32.0 Å². The van der Waals surface area contributed by atoms with Gasteiger partial charge in [0.1, 0.15) is 41.8 Å². The Balaban J connectivity index is 1.71. The molecule has 0 radical (unpaired) electrons. The third-order valence-corrected chi connectivity index (χ3v) is 4.19. The highest BCUT2D eigenvalue weighted by molar-refractivity contribution is 5.89. The lowest BCUT2D eigenvalue weighted by molar-refractivity contribution is 0.0626. The Morgan fingerprint density at radius 3 is 2.39 bits per heavy atom. The van der Waals surface area contributed by atoms with Gasteiger partial charge in [0, 0.05) is 6.07 Å². The minimum absolute atomic E-state index is 0.0221. The molecule has 7 nitrogen and oxygen atoms in total. The van der Waals surface area contributed by atoms with E-state index in [0.717, 1.165) is 17.2 Å². The lowest BCUT2D eigenvalue weighted by atomic mass is 10.1. The summed E-state index contributed by atoms with van der Waals surface area (Å²) in [5.41, 5.74) is 1.50. The summed E-state index contributed by atoms with van der Waals surface area (Å²) < 4.78 is 16.5. The van der Waals surface area contributed by atoms with Gasteiger partial charge >= 0.3 is 5.97 Å². The summed E-state index contributed by atoms with van der Waals surface area (Å²) in [4.78, 5) is 23.3. The fourth-order valence-corrected chi connectivity index (χ4v) is 2.84. The molecular weight excluding hydrogens is 364 g/mol. The topological polar surface area (TPSA) is 106 Å². The minimum Gasteiger partial charge on any atom is -0.490 e. The number of carboxylic acid groups (broad SMARTS) is 1. The zero-order chi connectivity index (χ0) is 20.3. The maximum absolute atomic E-state index is 12.3. The van der Waals surface area contributed by atoms with Gasteiger partial charge in [-0.05, 0) is 37.1 Å². The molecular formula is C21H20O7. The number of aliphatic hydroxyl groups excluding tert-OH is 1. The first-order valence-electron chi connectivity index (χ1n) is 8.67. The van der Waals surface area contributed by atoms with Gasteiger partial charge in [0.2, 0.25) is 5.76 Å². The normalized spacial score (nSPS) is 12.0. The number of para-hydroxylation sites is 1. The van der Waals surface area contributed by atoms with Crippen molar-refractivity contribution >= 4 is 16.9 Å². The molecule has 2 aromatic carbocycles. The van der Waals surface area contributed by atoms with Gasteiger partial charge in [-0.2, -0.15) is 0 Å². The highest BCUT2D eigenvalue weighted by atomic mass is 16.5. The molecule has 0 saturated heterocycles. The van der Waals surface area contributed by atoms with Crippen molar-refractivity contribution < 1.29 is 28.9 Å². The maximum atomic E-state index is 12.3. The SMILES string of the molecule is Cc1cccc(C)c1OCC(O)COc1cccc2oc(C(=O)O)cc(=O)c12. The van der Waals surface area contributed by atoms with Crippen molar-refractivity contribution in [2.24, 2.45) is 0 Å². The third-order valence-electron chi connectivity index (χ3n) is 4.19. The number of ether oxygens (including phenoxy) is 2. The molecule has 0 bridgehead atoms. The second-order valence-electron chi connectivity index (χ2n) is 6.41. The van der Waals surface area contributed by atoms with Gasteiger partial charge in [-0.25, -0.2) is 4.79 Å². The van der Waals surface area contributed by atoms with Crippen molar-refractivity contribution in [3.63, 3.8) is 0 Å². The van der Waals surface area contributed by atoms with Crippen LogP contribution in [0.4, 0.5) is 0 Å². The Morgan fingerprint density at radius 1 is 1.07 bits per heavy atom. The van der Waals surface area contributed by atoms with Crippen molar-refractivity contribution in [2.45, 2.75) is 20.0 Å². The highest BCUT2D eigenvalue weighted by Crippen LogP contribution is 2.24. The molecule has 1 heterocycles. The molecule has 0 saturated carbocycles. The number of carboxylic acids is 1. The lowest BCUT2D eigenvalue weighted by Crippen LogP contribution is -2.25. The molecule has 3 rings (SSSR count).